The molecule has 1 aliphatic rings. The number of nitrogens with zero attached hydrogens (tertiary/aromatic N) is 2. The van der Waals surface area contributed by atoms with Crippen molar-refractivity contribution in [3.8, 4) is 0 Å². The minimum absolute atomic E-state index is 0.129. The zero-order chi connectivity index (χ0) is 21.1. The number of imidazole rings is 1. The zero-order valence-electron chi connectivity index (χ0n) is 17.0. The van der Waals surface area contributed by atoms with Gasteiger partial charge in [-0.3, -0.25) is 9.59 Å². The SMILES string of the molecule is Cc1ccn(C2CCNCC2)c(=O)c1C(=O)NCCCc1nc2ccc(F)cc2[nH]1. The first-order chi connectivity index (χ1) is 14.5. The maximum absolute atomic E-state index is 13.3. The molecule has 3 aromatic rings. The van der Waals surface area contributed by atoms with Crippen LogP contribution >= 0.6 is 0 Å². The Morgan fingerprint density at radius 3 is 2.90 bits per heavy atom. The fraction of sp³-hybridized carbons (Fsp3) is 0.409. The topological polar surface area (TPSA) is 91.8 Å². The van der Waals surface area contributed by atoms with Crippen molar-refractivity contribution in [2.24, 2.45) is 0 Å². The van der Waals surface area contributed by atoms with Gasteiger partial charge in [-0.2, -0.15) is 0 Å². The lowest BCUT2D eigenvalue weighted by atomic mass is 10.0. The summed E-state index contributed by atoms with van der Waals surface area (Å²) in [6, 6.07) is 6.40. The molecule has 0 radical (unpaired) electrons. The number of aromatic amines is 1. The van der Waals surface area contributed by atoms with E-state index in [1.165, 1.54) is 12.1 Å². The summed E-state index contributed by atoms with van der Waals surface area (Å²) < 4.78 is 15.0. The molecule has 7 nitrogen and oxygen atoms in total. The van der Waals surface area contributed by atoms with E-state index in [4.69, 9.17) is 0 Å². The van der Waals surface area contributed by atoms with Crippen LogP contribution in [0.1, 0.15) is 47.1 Å². The monoisotopic (exact) mass is 411 g/mol. The van der Waals surface area contributed by atoms with Gasteiger partial charge in [0.1, 0.15) is 17.2 Å². The number of amides is 1. The Kier molecular flexibility index (Phi) is 5.94. The van der Waals surface area contributed by atoms with Gasteiger partial charge in [0, 0.05) is 25.2 Å². The summed E-state index contributed by atoms with van der Waals surface area (Å²) in [6.45, 7) is 3.96. The van der Waals surface area contributed by atoms with Gasteiger partial charge in [-0.15, -0.1) is 0 Å². The predicted octanol–water partition coefficient (Wildman–Crippen LogP) is 2.46. The van der Waals surface area contributed by atoms with E-state index in [1.807, 2.05) is 6.07 Å². The summed E-state index contributed by atoms with van der Waals surface area (Å²) in [5.74, 6) is 0.0970. The lowest BCUT2D eigenvalue weighted by Crippen LogP contribution is -2.38. The highest BCUT2D eigenvalue weighted by Gasteiger charge is 2.21. The summed E-state index contributed by atoms with van der Waals surface area (Å²) in [4.78, 5) is 33.2. The zero-order valence-corrected chi connectivity index (χ0v) is 17.0. The first-order valence-electron chi connectivity index (χ1n) is 10.4. The standard InChI is InChI=1S/C22H26FN5O2/c1-14-8-12-28(16-6-10-24-11-7-16)22(30)20(14)21(29)25-9-2-3-19-26-17-5-4-15(23)13-18(17)27-19/h4-5,8,12-13,16,24H,2-3,6-7,9-11H2,1H3,(H,25,29)(H,26,27). The molecule has 2 aromatic heterocycles. The molecule has 0 unspecified atom stereocenters. The van der Waals surface area contributed by atoms with E-state index in [0.29, 0.717) is 36.0 Å². The van der Waals surface area contributed by atoms with E-state index in [2.05, 4.69) is 20.6 Å². The number of piperidine rings is 1. The first kappa shape index (κ1) is 20.3. The highest BCUT2D eigenvalue weighted by Crippen LogP contribution is 2.17. The van der Waals surface area contributed by atoms with Gasteiger partial charge in [0.15, 0.2) is 0 Å². The molecule has 1 saturated heterocycles. The average Bonchev–Trinajstić information content (AvgIpc) is 3.14. The molecule has 1 fully saturated rings. The number of carbonyl (C=O) groups is 1. The highest BCUT2D eigenvalue weighted by atomic mass is 19.1. The van der Waals surface area contributed by atoms with E-state index in [-0.39, 0.29) is 28.9 Å². The third kappa shape index (κ3) is 4.28. The van der Waals surface area contributed by atoms with Gasteiger partial charge >= 0.3 is 0 Å². The molecule has 8 heteroatoms. The number of nitrogens with one attached hydrogen (secondary N) is 3. The van der Waals surface area contributed by atoms with Gasteiger partial charge in [0.25, 0.3) is 11.5 Å². The second-order valence-corrected chi connectivity index (χ2v) is 7.77. The number of H-pyrrole nitrogens is 1. The van der Waals surface area contributed by atoms with Crippen molar-refractivity contribution in [1.82, 2.24) is 25.2 Å². The Balaban J connectivity index is 1.38. The number of hydrogen-bond donors (Lipinski definition) is 3. The molecule has 3 N–H and O–H groups in total. The number of rotatable bonds is 6. The van der Waals surface area contributed by atoms with Crippen molar-refractivity contribution < 1.29 is 9.18 Å². The fourth-order valence-electron chi connectivity index (χ4n) is 3.99. The number of hydrogen-bond acceptors (Lipinski definition) is 4. The Morgan fingerprint density at radius 1 is 1.30 bits per heavy atom. The average molecular weight is 411 g/mol. The third-order valence-electron chi connectivity index (χ3n) is 5.63. The molecule has 0 spiro atoms. The van der Waals surface area contributed by atoms with Crippen LogP contribution in [0, 0.1) is 12.7 Å². The quantitative estimate of drug-likeness (QED) is 0.544. The van der Waals surface area contributed by atoms with Crippen LogP contribution < -0.4 is 16.2 Å². The number of pyridine rings is 1. The van der Waals surface area contributed by atoms with Crippen molar-refractivity contribution in [1.29, 1.82) is 0 Å². The van der Waals surface area contributed by atoms with Crippen molar-refractivity contribution in [3.05, 3.63) is 63.6 Å². The molecule has 158 valence electrons. The van der Waals surface area contributed by atoms with E-state index >= 15 is 0 Å². The molecule has 30 heavy (non-hydrogen) atoms. The molecule has 1 aliphatic heterocycles. The van der Waals surface area contributed by atoms with Crippen LogP contribution in [-0.4, -0.2) is 40.1 Å². The largest absolute Gasteiger partial charge is 0.352 e. The normalized spacial score (nSPS) is 14.9. The molecule has 0 atom stereocenters. The first-order valence-corrected chi connectivity index (χ1v) is 10.4. The number of aryl methyl sites for hydroxylation is 2. The molecule has 1 aromatic carbocycles. The Labute approximate surface area is 173 Å². The minimum atomic E-state index is -0.340. The smallest absolute Gasteiger partial charge is 0.263 e. The van der Waals surface area contributed by atoms with Crippen molar-refractivity contribution >= 4 is 16.9 Å². The van der Waals surface area contributed by atoms with Crippen LogP contribution in [0.5, 0.6) is 0 Å². The fourth-order valence-corrected chi connectivity index (χ4v) is 3.99. The van der Waals surface area contributed by atoms with Crippen molar-refractivity contribution in [2.75, 3.05) is 19.6 Å². The number of aromatic nitrogens is 3. The summed E-state index contributed by atoms with van der Waals surface area (Å²) >= 11 is 0. The van der Waals surface area contributed by atoms with Crippen LogP contribution in [0.2, 0.25) is 0 Å². The van der Waals surface area contributed by atoms with Crippen LogP contribution in [0.25, 0.3) is 11.0 Å². The summed E-state index contributed by atoms with van der Waals surface area (Å²) in [5.41, 5.74) is 2.05. The lowest BCUT2D eigenvalue weighted by molar-refractivity contribution is 0.0950. The van der Waals surface area contributed by atoms with E-state index in [0.717, 1.165) is 31.8 Å². The van der Waals surface area contributed by atoms with E-state index < -0.39 is 0 Å². The molecular formula is C22H26FN5O2. The summed E-state index contributed by atoms with van der Waals surface area (Å²) in [6.07, 6.45) is 4.83. The Hall–Kier alpha value is -3.00. The van der Waals surface area contributed by atoms with Gasteiger partial charge in [-0.25, -0.2) is 9.37 Å². The van der Waals surface area contributed by atoms with Crippen LogP contribution in [0.3, 0.4) is 0 Å². The second-order valence-electron chi connectivity index (χ2n) is 7.77. The predicted molar refractivity (Wildman–Crippen MR) is 113 cm³/mol. The summed E-state index contributed by atoms with van der Waals surface area (Å²) in [5, 5.41) is 6.15. The number of fused-ring (bicyclic) bond motifs is 1. The van der Waals surface area contributed by atoms with Gasteiger partial charge in [0.05, 0.1) is 11.0 Å². The van der Waals surface area contributed by atoms with Gasteiger partial charge in [0.2, 0.25) is 0 Å². The van der Waals surface area contributed by atoms with Crippen LogP contribution in [-0.2, 0) is 6.42 Å². The number of benzene rings is 1. The van der Waals surface area contributed by atoms with Gasteiger partial charge in [-0.1, -0.05) is 0 Å². The maximum Gasteiger partial charge on any atom is 0.263 e. The summed E-state index contributed by atoms with van der Waals surface area (Å²) in [7, 11) is 0. The number of halogens is 1. The molecule has 1 amide bonds. The second kappa shape index (κ2) is 8.79. The number of carbonyl (C=O) groups excluding carboxylic acids is 1. The Morgan fingerprint density at radius 2 is 2.10 bits per heavy atom. The molecule has 4 rings (SSSR count). The molecule has 0 saturated carbocycles. The highest BCUT2D eigenvalue weighted by molar-refractivity contribution is 5.95. The Bertz CT molecular complexity index is 1110. The molecular weight excluding hydrogens is 385 g/mol. The maximum atomic E-state index is 13.3. The van der Waals surface area contributed by atoms with Crippen LogP contribution in [0.4, 0.5) is 4.39 Å². The van der Waals surface area contributed by atoms with Gasteiger partial charge < -0.3 is 20.2 Å². The van der Waals surface area contributed by atoms with Gasteiger partial charge in [-0.05, 0) is 69.1 Å². The van der Waals surface area contributed by atoms with E-state index in [9.17, 15) is 14.0 Å². The van der Waals surface area contributed by atoms with Crippen molar-refractivity contribution in [3.63, 3.8) is 0 Å². The molecule has 3 heterocycles. The van der Waals surface area contributed by atoms with Crippen molar-refractivity contribution in [2.45, 2.75) is 38.6 Å². The lowest BCUT2D eigenvalue weighted by Gasteiger charge is -2.25. The molecule has 0 bridgehead atoms. The minimum Gasteiger partial charge on any atom is -0.352 e. The molecule has 0 aliphatic carbocycles. The van der Waals surface area contributed by atoms with Crippen LogP contribution in [0.15, 0.2) is 35.3 Å². The van der Waals surface area contributed by atoms with E-state index in [1.54, 1.807) is 23.8 Å². The third-order valence-corrected chi connectivity index (χ3v) is 5.63.